The maximum atomic E-state index is 12.7. The predicted octanol–water partition coefficient (Wildman–Crippen LogP) is 2.77. The molecule has 0 spiro atoms. The fourth-order valence-electron chi connectivity index (χ4n) is 4.21. The van der Waals surface area contributed by atoms with Crippen LogP contribution in [0.5, 0.6) is 0 Å². The minimum absolute atomic E-state index is 0.103. The number of carbonyl (C=O) groups is 1. The Balaban J connectivity index is 1.40. The average Bonchev–Trinajstić information content (AvgIpc) is 2.88. The van der Waals surface area contributed by atoms with E-state index < -0.39 is 0 Å². The largest absolute Gasteiger partial charge is 0.361 e. The number of anilines is 1. The molecule has 0 bridgehead atoms. The highest BCUT2D eigenvalue weighted by molar-refractivity contribution is 5.91. The maximum Gasteiger partial charge on any atom is 0.274 e. The Hall–Kier alpha value is -2.47. The SMILES string of the molecule is CN(Cc1ccc2c(c1)CCN(C1CCC1)CC2)C(=O)c1cnc(N(C)C)cn1. The fourth-order valence-corrected chi connectivity index (χ4v) is 4.21. The minimum Gasteiger partial charge on any atom is -0.361 e. The second-order valence-electron chi connectivity index (χ2n) is 8.54. The van der Waals surface area contributed by atoms with Crippen molar-refractivity contribution in [2.75, 3.05) is 39.1 Å². The number of hydrogen-bond donors (Lipinski definition) is 0. The monoisotopic (exact) mass is 393 g/mol. The van der Waals surface area contributed by atoms with Gasteiger partial charge in [0, 0.05) is 46.8 Å². The van der Waals surface area contributed by atoms with E-state index in [0.717, 1.165) is 31.2 Å². The zero-order chi connectivity index (χ0) is 20.4. The highest BCUT2D eigenvalue weighted by atomic mass is 16.2. The van der Waals surface area contributed by atoms with E-state index in [-0.39, 0.29) is 5.91 Å². The van der Waals surface area contributed by atoms with E-state index in [4.69, 9.17) is 0 Å². The summed E-state index contributed by atoms with van der Waals surface area (Å²) in [6.45, 7) is 2.91. The summed E-state index contributed by atoms with van der Waals surface area (Å²) in [6, 6.07) is 7.54. The van der Waals surface area contributed by atoms with Gasteiger partial charge in [0.25, 0.3) is 5.91 Å². The maximum absolute atomic E-state index is 12.7. The molecule has 2 aliphatic rings. The number of hydrogen-bond acceptors (Lipinski definition) is 5. The highest BCUT2D eigenvalue weighted by Gasteiger charge is 2.26. The lowest BCUT2D eigenvalue weighted by Gasteiger charge is -2.36. The van der Waals surface area contributed by atoms with E-state index >= 15 is 0 Å². The molecular weight excluding hydrogens is 362 g/mol. The Morgan fingerprint density at radius 2 is 1.83 bits per heavy atom. The van der Waals surface area contributed by atoms with E-state index in [1.807, 2.05) is 26.0 Å². The third kappa shape index (κ3) is 4.42. The van der Waals surface area contributed by atoms with Gasteiger partial charge in [-0.3, -0.25) is 9.69 Å². The molecule has 0 atom stereocenters. The molecule has 0 N–H and O–H groups in total. The number of fused-ring (bicyclic) bond motifs is 1. The Labute approximate surface area is 173 Å². The van der Waals surface area contributed by atoms with Gasteiger partial charge in [0.2, 0.25) is 0 Å². The molecule has 1 saturated carbocycles. The fraction of sp³-hybridized carbons (Fsp3) is 0.522. The molecule has 1 fully saturated rings. The summed E-state index contributed by atoms with van der Waals surface area (Å²) in [5, 5.41) is 0. The van der Waals surface area contributed by atoms with Crippen LogP contribution in [-0.4, -0.2) is 65.9 Å². The highest BCUT2D eigenvalue weighted by Crippen LogP contribution is 2.27. The first-order chi connectivity index (χ1) is 14.0. The molecule has 0 saturated heterocycles. The number of carbonyl (C=O) groups excluding carboxylic acids is 1. The van der Waals surface area contributed by atoms with E-state index in [1.54, 1.807) is 17.3 Å². The van der Waals surface area contributed by atoms with Crippen molar-refractivity contribution in [3.63, 3.8) is 0 Å². The molecule has 6 nitrogen and oxygen atoms in total. The van der Waals surface area contributed by atoms with Crippen LogP contribution in [0.15, 0.2) is 30.6 Å². The van der Waals surface area contributed by atoms with Crippen molar-refractivity contribution < 1.29 is 4.79 Å². The van der Waals surface area contributed by atoms with Crippen LogP contribution in [0.1, 0.15) is 46.4 Å². The Morgan fingerprint density at radius 3 is 2.45 bits per heavy atom. The van der Waals surface area contributed by atoms with Crippen molar-refractivity contribution in [1.82, 2.24) is 19.8 Å². The molecule has 1 aliphatic heterocycles. The average molecular weight is 394 g/mol. The van der Waals surface area contributed by atoms with Gasteiger partial charge in [-0.2, -0.15) is 0 Å². The van der Waals surface area contributed by atoms with Crippen molar-refractivity contribution >= 4 is 11.7 Å². The number of aromatic nitrogens is 2. The van der Waals surface area contributed by atoms with E-state index in [9.17, 15) is 4.79 Å². The lowest BCUT2D eigenvalue weighted by molar-refractivity contribution is 0.0779. The second-order valence-corrected chi connectivity index (χ2v) is 8.54. The third-order valence-corrected chi connectivity index (χ3v) is 6.28. The topological polar surface area (TPSA) is 52.6 Å². The quantitative estimate of drug-likeness (QED) is 0.782. The van der Waals surface area contributed by atoms with Crippen LogP contribution < -0.4 is 4.90 Å². The van der Waals surface area contributed by atoms with E-state index in [2.05, 4.69) is 33.1 Å². The van der Waals surface area contributed by atoms with Gasteiger partial charge in [0.1, 0.15) is 11.5 Å². The molecular formula is C23H31N5O. The van der Waals surface area contributed by atoms with Crippen LogP contribution in [0.2, 0.25) is 0 Å². The lowest BCUT2D eigenvalue weighted by atomic mass is 9.91. The minimum atomic E-state index is -0.103. The van der Waals surface area contributed by atoms with Crippen molar-refractivity contribution in [3.05, 3.63) is 53.0 Å². The molecule has 29 heavy (non-hydrogen) atoms. The smallest absolute Gasteiger partial charge is 0.274 e. The number of rotatable bonds is 5. The second kappa shape index (κ2) is 8.49. The van der Waals surface area contributed by atoms with Crippen LogP contribution in [0.25, 0.3) is 0 Å². The third-order valence-electron chi connectivity index (χ3n) is 6.28. The van der Waals surface area contributed by atoms with Crippen molar-refractivity contribution in [1.29, 1.82) is 0 Å². The van der Waals surface area contributed by atoms with E-state index in [1.165, 1.54) is 42.5 Å². The molecule has 2 aromatic rings. The molecule has 1 aromatic carbocycles. The summed E-state index contributed by atoms with van der Waals surface area (Å²) in [5.74, 6) is 0.639. The normalized spacial score (nSPS) is 17.2. The summed E-state index contributed by atoms with van der Waals surface area (Å²) < 4.78 is 0. The summed E-state index contributed by atoms with van der Waals surface area (Å²) in [7, 11) is 5.64. The zero-order valence-corrected chi connectivity index (χ0v) is 17.8. The van der Waals surface area contributed by atoms with Crippen LogP contribution in [0.3, 0.4) is 0 Å². The zero-order valence-electron chi connectivity index (χ0n) is 17.8. The van der Waals surface area contributed by atoms with Crippen molar-refractivity contribution in [2.45, 2.75) is 44.7 Å². The Bertz CT molecular complexity index is 860. The molecule has 154 valence electrons. The van der Waals surface area contributed by atoms with Gasteiger partial charge in [-0.25, -0.2) is 9.97 Å². The molecule has 6 heteroatoms. The first-order valence-electron chi connectivity index (χ1n) is 10.6. The Kier molecular flexibility index (Phi) is 5.81. The molecule has 1 amide bonds. The molecule has 0 unspecified atom stereocenters. The number of nitrogens with zero attached hydrogens (tertiary/aromatic N) is 5. The Morgan fingerprint density at radius 1 is 1.07 bits per heavy atom. The summed E-state index contributed by atoms with van der Waals surface area (Å²) >= 11 is 0. The van der Waals surface area contributed by atoms with Gasteiger partial charge in [-0.05, 0) is 42.4 Å². The van der Waals surface area contributed by atoms with Crippen molar-refractivity contribution in [2.24, 2.45) is 0 Å². The van der Waals surface area contributed by atoms with Gasteiger partial charge in [-0.15, -0.1) is 0 Å². The lowest BCUT2D eigenvalue weighted by Crippen LogP contribution is -2.41. The summed E-state index contributed by atoms with van der Waals surface area (Å²) in [6.07, 6.45) is 9.56. The van der Waals surface area contributed by atoms with Gasteiger partial charge in [0.05, 0.1) is 12.4 Å². The molecule has 0 radical (unpaired) electrons. The van der Waals surface area contributed by atoms with Crippen LogP contribution in [0.4, 0.5) is 5.82 Å². The van der Waals surface area contributed by atoms with Crippen LogP contribution >= 0.6 is 0 Å². The molecule has 1 aromatic heterocycles. The van der Waals surface area contributed by atoms with Gasteiger partial charge in [-0.1, -0.05) is 24.6 Å². The first-order valence-corrected chi connectivity index (χ1v) is 10.6. The van der Waals surface area contributed by atoms with Crippen molar-refractivity contribution in [3.8, 4) is 0 Å². The number of benzene rings is 1. The van der Waals surface area contributed by atoms with E-state index in [0.29, 0.717) is 12.2 Å². The standard InChI is InChI=1S/C23H31N5O/c1-26(2)22-15-24-21(14-25-22)23(29)27(3)16-17-7-8-18-9-11-28(20-5-4-6-20)12-10-19(18)13-17/h7-8,13-15,20H,4-6,9-12,16H2,1-3H3. The van der Waals surface area contributed by atoms with Gasteiger partial charge >= 0.3 is 0 Å². The van der Waals surface area contributed by atoms with Crippen LogP contribution in [0, 0.1) is 0 Å². The number of amides is 1. The molecule has 2 heterocycles. The summed E-state index contributed by atoms with van der Waals surface area (Å²) in [5.41, 5.74) is 4.47. The molecule has 1 aliphatic carbocycles. The predicted molar refractivity (Wildman–Crippen MR) is 115 cm³/mol. The van der Waals surface area contributed by atoms with Gasteiger partial charge in [0.15, 0.2) is 0 Å². The summed E-state index contributed by atoms with van der Waals surface area (Å²) in [4.78, 5) is 27.6. The molecule has 4 rings (SSSR count). The van der Waals surface area contributed by atoms with Crippen LogP contribution in [-0.2, 0) is 19.4 Å². The van der Waals surface area contributed by atoms with Gasteiger partial charge < -0.3 is 9.80 Å². The first kappa shape index (κ1) is 19.8.